The van der Waals surface area contributed by atoms with Crippen LogP contribution < -0.4 is 5.32 Å². The van der Waals surface area contributed by atoms with E-state index in [1.54, 1.807) is 0 Å². The third-order valence-electron chi connectivity index (χ3n) is 3.45. The van der Waals surface area contributed by atoms with Crippen molar-refractivity contribution in [3.63, 3.8) is 0 Å². The Morgan fingerprint density at radius 3 is 2.67 bits per heavy atom. The second-order valence-electron chi connectivity index (χ2n) is 5.25. The quantitative estimate of drug-likeness (QED) is 0.851. The Morgan fingerprint density at radius 1 is 1.44 bits per heavy atom. The monoisotopic (exact) mass is 248 g/mol. The standard InChI is InChI=1S/C14H20N2O2/c1-11(16-9-8-14(2,18)10-16)13(17)15-12-6-4-3-5-7-12/h3-7,11,18H,8-10H2,1-2H3,(H,15,17). The van der Waals surface area contributed by atoms with E-state index in [2.05, 4.69) is 5.32 Å². The molecule has 0 radical (unpaired) electrons. The Kier molecular flexibility index (Phi) is 3.68. The second-order valence-corrected chi connectivity index (χ2v) is 5.25. The largest absolute Gasteiger partial charge is 0.389 e. The van der Waals surface area contributed by atoms with E-state index in [4.69, 9.17) is 0 Å². The lowest BCUT2D eigenvalue weighted by molar-refractivity contribution is -0.120. The molecule has 2 atom stereocenters. The van der Waals surface area contributed by atoms with Crippen molar-refractivity contribution in [2.45, 2.75) is 31.9 Å². The fraction of sp³-hybridized carbons (Fsp3) is 0.500. The number of likely N-dealkylation sites (tertiary alicyclic amines) is 1. The number of β-amino-alcohol motifs (C(OH)–C–C–N with tert-alkyl or cyclic N) is 1. The number of nitrogens with one attached hydrogen (secondary N) is 1. The molecule has 1 amide bonds. The predicted octanol–water partition coefficient (Wildman–Crippen LogP) is 1.47. The first-order chi connectivity index (χ1) is 8.48. The van der Waals surface area contributed by atoms with E-state index >= 15 is 0 Å². The molecular weight excluding hydrogens is 228 g/mol. The van der Waals surface area contributed by atoms with E-state index in [-0.39, 0.29) is 11.9 Å². The highest BCUT2D eigenvalue weighted by Gasteiger charge is 2.35. The molecule has 1 aliphatic rings. The molecule has 18 heavy (non-hydrogen) atoms. The zero-order valence-electron chi connectivity index (χ0n) is 10.9. The molecule has 2 rings (SSSR count). The molecule has 4 nitrogen and oxygen atoms in total. The number of carbonyl (C=O) groups excluding carboxylic acids is 1. The number of hydrogen-bond acceptors (Lipinski definition) is 3. The van der Waals surface area contributed by atoms with Crippen molar-refractivity contribution in [3.8, 4) is 0 Å². The minimum absolute atomic E-state index is 0.0288. The minimum atomic E-state index is -0.665. The van der Waals surface area contributed by atoms with E-state index in [0.29, 0.717) is 6.54 Å². The fourth-order valence-corrected chi connectivity index (χ4v) is 2.24. The zero-order valence-corrected chi connectivity index (χ0v) is 10.9. The molecule has 0 bridgehead atoms. The lowest BCUT2D eigenvalue weighted by atomic mass is 10.1. The Balaban J connectivity index is 1.94. The van der Waals surface area contributed by atoms with Gasteiger partial charge in [-0.25, -0.2) is 0 Å². The van der Waals surface area contributed by atoms with Gasteiger partial charge in [-0.1, -0.05) is 18.2 Å². The Morgan fingerprint density at radius 2 is 2.11 bits per heavy atom. The van der Waals surface area contributed by atoms with Crippen LogP contribution in [0.1, 0.15) is 20.3 Å². The van der Waals surface area contributed by atoms with Gasteiger partial charge >= 0.3 is 0 Å². The predicted molar refractivity (Wildman–Crippen MR) is 71.3 cm³/mol. The number of para-hydroxylation sites is 1. The minimum Gasteiger partial charge on any atom is -0.389 e. The van der Waals surface area contributed by atoms with Gasteiger partial charge in [0.15, 0.2) is 0 Å². The van der Waals surface area contributed by atoms with Crippen LogP contribution in [0.15, 0.2) is 30.3 Å². The Bertz CT molecular complexity index is 417. The maximum Gasteiger partial charge on any atom is 0.241 e. The fourth-order valence-electron chi connectivity index (χ4n) is 2.24. The first kappa shape index (κ1) is 13.1. The Hall–Kier alpha value is -1.39. The van der Waals surface area contributed by atoms with Crippen LogP contribution in [0.2, 0.25) is 0 Å². The average Bonchev–Trinajstić information content (AvgIpc) is 2.70. The number of aliphatic hydroxyl groups is 1. The van der Waals surface area contributed by atoms with E-state index in [1.165, 1.54) is 0 Å². The number of nitrogens with zero attached hydrogens (tertiary/aromatic N) is 1. The molecule has 0 aromatic heterocycles. The van der Waals surface area contributed by atoms with E-state index in [9.17, 15) is 9.90 Å². The zero-order chi connectivity index (χ0) is 13.2. The van der Waals surface area contributed by atoms with Crippen molar-refractivity contribution < 1.29 is 9.90 Å². The molecule has 1 aromatic carbocycles. The van der Waals surface area contributed by atoms with Crippen LogP contribution in [0.5, 0.6) is 0 Å². The molecule has 0 spiro atoms. The summed E-state index contributed by atoms with van der Waals surface area (Å²) in [4.78, 5) is 14.1. The number of amides is 1. The van der Waals surface area contributed by atoms with Crippen molar-refractivity contribution in [2.24, 2.45) is 0 Å². The van der Waals surface area contributed by atoms with Gasteiger partial charge in [0.1, 0.15) is 0 Å². The van der Waals surface area contributed by atoms with Gasteiger partial charge in [-0.15, -0.1) is 0 Å². The summed E-state index contributed by atoms with van der Waals surface area (Å²) in [6.07, 6.45) is 0.718. The van der Waals surface area contributed by atoms with E-state index in [0.717, 1.165) is 18.7 Å². The van der Waals surface area contributed by atoms with E-state index < -0.39 is 5.60 Å². The summed E-state index contributed by atoms with van der Waals surface area (Å²) in [5, 5.41) is 12.8. The topological polar surface area (TPSA) is 52.6 Å². The number of benzene rings is 1. The number of anilines is 1. The summed E-state index contributed by atoms with van der Waals surface area (Å²) in [7, 11) is 0. The van der Waals surface area contributed by atoms with Gasteiger partial charge in [0.05, 0.1) is 11.6 Å². The summed E-state index contributed by atoms with van der Waals surface area (Å²) in [6.45, 7) is 5.00. The van der Waals surface area contributed by atoms with Crippen LogP contribution in [0, 0.1) is 0 Å². The number of carbonyl (C=O) groups is 1. The van der Waals surface area contributed by atoms with Crippen LogP contribution in [0.25, 0.3) is 0 Å². The highest BCUT2D eigenvalue weighted by Crippen LogP contribution is 2.22. The third kappa shape index (κ3) is 3.09. The maximum absolute atomic E-state index is 12.1. The van der Waals surface area contributed by atoms with Crippen LogP contribution >= 0.6 is 0 Å². The van der Waals surface area contributed by atoms with Crippen LogP contribution in [-0.4, -0.2) is 40.6 Å². The van der Waals surface area contributed by atoms with Crippen LogP contribution in [0.4, 0.5) is 5.69 Å². The molecular formula is C14H20N2O2. The van der Waals surface area contributed by atoms with Crippen LogP contribution in [-0.2, 0) is 4.79 Å². The molecule has 1 aromatic rings. The molecule has 1 heterocycles. The van der Waals surface area contributed by atoms with Gasteiger partial charge in [-0.3, -0.25) is 9.69 Å². The van der Waals surface area contributed by atoms with Crippen molar-refractivity contribution in [1.82, 2.24) is 4.90 Å². The smallest absolute Gasteiger partial charge is 0.241 e. The molecule has 2 N–H and O–H groups in total. The molecule has 98 valence electrons. The highest BCUT2D eigenvalue weighted by molar-refractivity contribution is 5.94. The molecule has 1 saturated heterocycles. The number of rotatable bonds is 3. The summed E-state index contributed by atoms with van der Waals surface area (Å²) >= 11 is 0. The van der Waals surface area contributed by atoms with Crippen molar-refractivity contribution in [1.29, 1.82) is 0 Å². The molecule has 0 saturated carbocycles. The van der Waals surface area contributed by atoms with Gasteiger partial charge in [0, 0.05) is 18.8 Å². The van der Waals surface area contributed by atoms with Crippen molar-refractivity contribution in [3.05, 3.63) is 30.3 Å². The maximum atomic E-state index is 12.1. The Labute approximate surface area is 108 Å². The van der Waals surface area contributed by atoms with Gasteiger partial charge in [0.25, 0.3) is 0 Å². The summed E-state index contributed by atoms with van der Waals surface area (Å²) in [5.74, 6) is -0.0288. The summed E-state index contributed by atoms with van der Waals surface area (Å²) < 4.78 is 0. The van der Waals surface area contributed by atoms with Gasteiger partial charge in [0.2, 0.25) is 5.91 Å². The second kappa shape index (κ2) is 5.08. The highest BCUT2D eigenvalue weighted by atomic mass is 16.3. The lowest BCUT2D eigenvalue weighted by Crippen LogP contribution is -2.42. The molecule has 0 aliphatic carbocycles. The molecule has 4 heteroatoms. The van der Waals surface area contributed by atoms with Crippen LogP contribution in [0.3, 0.4) is 0 Å². The summed E-state index contributed by atoms with van der Waals surface area (Å²) in [5.41, 5.74) is 0.140. The van der Waals surface area contributed by atoms with Crippen molar-refractivity contribution in [2.75, 3.05) is 18.4 Å². The molecule has 1 aliphatic heterocycles. The first-order valence-corrected chi connectivity index (χ1v) is 6.30. The molecule has 1 fully saturated rings. The van der Waals surface area contributed by atoms with Gasteiger partial charge in [-0.05, 0) is 32.4 Å². The van der Waals surface area contributed by atoms with Gasteiger partial charge < -0.3 is 10.4 Å². The average molecular weight is 248 g/mol. The normalized spacial score (nSPS) is 25.9. The SMILES string of the molecule is CC(C(=O)Nc1ccccc1)N1CCC(C)(O)C1. The van der Waals surface area contributed by atoms with E-state index in [1.807, 2.05) is 49.1 Å². The first-order valence-electron chi connectivity index (χ1n) is 6.30. The molecule has 2 unspecified atom stereocenters. The lowest BCUT2D eigenvalue weighted by Gasteiger charge is -2.24. The van der Waals surface area contributed by atoms with Crippen molar-refractivity contribution >= 4 is 11.6 Å². The summed E-state index contributed by atoms with van der Waals surface area (Å²) in [6, 6.07) is 9.20. The number of hydrogen-bond donors (Lipinski definition) is 2. The van der Waals surface area contributed by atoms with Gasteiger partial charge in [-0.2, -0.15) is 0 Å². The third-order valence-corrected chi connectivity index (χ3v) is 3.45.